The maximum absolute atomic E-state index is 11.6. The van der Waals surface area contributed by atoms with Gasteiger partial charge >= 0.3 is 0 Å². The molecule has 1 amide bonds. The average Bonchev–Trinajstić information content (AvgIpc) is 2.26. The summed E-state index contributed by atoms with van der Waals surface area (Å²) in [6.45, 7) is 1.22. The molecule has 1 aliphatic rings. The Balaban J connectivity index is 2.32. The van der Waals surface area contributed by atoms with Gasteiger partial charge in [0, 0.05) is 6.54 Å². The minimum atomic E-state index is -0.524. The van der Waals surface area contributed by atoms with Gasteiger partial charge in [0.2, 0.25) is 5.91 Å². The molecule has 1 rings (SSSR count). The lowest BCUT2D eigenvalue weighted by Crippen LogP contribution is -2.47. The number of amides is 1. The highest BCUT2D eigenvalue weighted by molar-refractivity contribution is 5.79. The zero-order valence-corrected chi connectivity index (χ0v) is 8.20. The summed E-state index contributed by atoms with van der Waals surface area (Å²) in [4.78, 5) is 11.6. The number of carbonyl (C=O) groups excluding carboxylic acids is 1. The molecule has 0 aromatic rings. The molecular weight excluding hydrogens is 184 g/mol. The molecule has 14 heavy (non-hydrogen) atoms. The molecule has 0 aromatic carbocycles. The van der Waals surface area contributed by atoms with Gasteiger partial charge in [-0.05, 0) is 19.4 Å². The molecule has 5 nitrogen and oxygen atoms in total. The van der Waals surface area contributed by atoms with Crippen molar-refractivity contribution < 1.29 is 15.0 Å². The largest absolute Gasteiger partial charge is 0.394 e. The summed E-state index contributed by atoms with van der Waals surface area (Å²) >= 11 is 0. The van der Waals surface area contributed by atoms with E-state index >= 15 is 0 Å². The van der Waals surface area contributed by atoms with Gasteiger partial charge in [0.15, 0.2) is 0 Å². The molecule has 0 saturated carbocycles. The molecular formula is C9H18N2O3. The van der Waals surface area contributed by atoms with Crippen molar-refractivity contribution >= 4 is 5.91 Å². The molecule has 0 unspecified atom stereocenters. The van der Waals surface area contributed by atoms with E-state index < -0.39 is 6.04 Å². The molecule has 0 aliphatic carbocycles. The van der Waals surface area contributed by atoms with Crippen LogP contribution in [0.4, 0.5) is 0 Å². The van der Waals surface area contributed by atoms with Crippen LogP contribution in [-0.2, 0) is 4.79 Å². The number of rotatable bonds is 4. The summed E-state index contributed by atoms with van der Waals surface area (Å²) in [7, 11) is 0. The Morgan fingerprint density at radius 3 is 2.71 bits per heavy atom. The van der Waals surface area contributed by atoms with E-state index in [9.17, 15) is 4.79 Å². The van der Waals surface area contributed by atoms with Crippen molar-refractivity contribution in [3.63, 3.8) is 0 Å². The van der Waals surface area contributed by atoms with E-state index in [0.717, 1.165) is 19.4 Å². The zero-order valence-electron chi connectivity index (χ0n) is 8.20. The highest BCUT2D eigenvalue weighted by Gasteiger charge is 2.22. The summed E-state index contributed by atoms with van der Waals surface area (Å²) in [5.74, 6) is -0.102. The molecule has 1 fully saturated rings. The molecule has 0 radical (unpaired) electrons. The Morgan fingerprint density at radius 1 is 1.50 bits per heavy atom. The quantitative estimate of drug-likeness (QED) is 0.445. The van der Waals surface area contributed by atoms with Gasteiger partial charge in [-0.25, -0.2) is 0 Å². The number of aliphatic hydroxyl groups is 2. The van der Waals surface area contributed by atoms with E-state index in [1.54, 1.807) is 0 Å². The SMILES string of the molecule is O=C(NC(CO)CO)[C@H]1CCCNC1. The summed E-state index contributed by atoms with van der Waals surface area (Å²) < 4.78 is 0. The lowest BCUT2D eigenvalue weighted by molar-refractivity contribution is -0.126. The third-order valence-electron chi connectivity index (χ3n) is 2.45. The molecule has 5 heteroatoms. The van der Waals surface area contributed by atoms with Gasteiger partial charge in [-0.2, -0.15) is 0 Å². The van der Waals surface area contributed by atoms with Crippen molar-refractivity contribution in [2.24, 2.45) is 5.92 Å². The van der Waals surface area contributed by atoms with Crippen LogP contribution in [0.1, 0.15) is 12.8 Å². The van der Waals surface area contributed by atoms with Crippen molar-refractivity contribution in [3.05, 3.63) is 0 Å². The number of hydrogen-bond acceptors (Lipinski definition) is 4. The second-order valence-corrected chi connectivity index (χ2v) is 3.61. The highest BCUT2D eigenvalue weighted by atomic mass is 16.3. The Labute approximate surface area is 83.5 Å². The van der Waals surface area contributed by atoms with Gasteiger partial charge in [-0.1, -0.05) is 0 Å². The molecule has 1 aliphatic heterocycles. The molecule has 4 N–H and O–H groups in total. The molecule has 0 bridgehead atoms. The van der Waals surface area contributed by atoms with E-state index in [0.29, 0.717) is 6.54 Å². The molecule has 1 saturated heterocycles. The number of hydrogen-bond donors (Lipinski definition) is 4. The van der Waals surface area contributed by atoms with Gasteiger partial charge in [-0.15, -0.1) is 0 Å². The van der Waals surface area contributed by atoms with Crippen LogP contribution in [0.5, 0.6) is 0 Å². The molecule has 1 atom stereocenters. The summed E-state index contributed by atoms with van der Waals surface area (Å²) in [6.07, 6.45) is 1.88. The van der Waals surface area contributed by atoms with Crippen LogP contribution in [0.15, 0.2) is 0 Å². The third kappa shape index (κ3) is 3.25. The highest BCUT2D eigenvalue weighted by Crippen LogP contribution is 2.09. The Hall–Kier alpha value is -0.650. The van der Waals surface area contributed by atoms with Crippen LogP contribution in [0, 0.1) is 5.92 Å². The first-order chi connectivity index (χ1) is 6.77. The Kier molecular flexibility index (Phi) is 4.86. The van der Waals surface area contributed by atoms with E-state index in [2.05, 4.69) is 10.6 Å². The van der Waals surface area contributed by atoms with E-state index in [-0.39, 0.29) is 25.0 Å². The predicted molar refractivity (Wildman–Crippen MR) is 51.7 cm³/mol. The van der Waals surface area contributed by atoms with Crippen LogP contribution in [0.25, 0.3) is 0 Å². The van der Waals surface area contributed by atoms with Crippen molar-refractivity contribution in [1.82, 2.24) is 10.6 Å². The maximum atomic E-state index is 11.6. The van der Waals surface area contributed by atoms with Crippen LogP contribution >= 0.6 is 0 Å². The van der Waals surface area contributed by atoms with E-state index in [4.69, 9.17) is 10.2 Å². The predicted octanol–water partition coefficient (Wildman–Crippen LogP) is -1.54. The van der Waals surface area contributed by atoms with Gasteiger partial charge in [0.1, 0.15) is 0 Å². The van der Waals surface area contributed by atoms with E-state index in [1.807, 2.05) is 0 Å². The molecule has 0 spiro atoms. The number of carbonyl (C=O) groups is 1. The normalized spacial score (nSPS) is 22.4. The standard InChI is InChI=1S/C9H18N2O3/c12-5-8(6-13)11-9(14)7-2-1-3-10-4-7/h7-8,10,12-13H,1-6H2,(H,11,14)/t7-/m0/s1. The van der Waals surface area contributed by atoms with Crippen LogP contribution in [-0.4, -0.2) is 48.5 Å². The minimum absolute atomic E-state index is 0.0238. The fourth-order valence-electron chi connectivity index (χ4n) is 1.54. The summed E-state index contributed by atoms with van der Waals surface area (Å²) in [5.41, 5.74) is 0. The second-order valence-electron chi connectivity index (χ2n) is 3.61. The first kappa shape index (κ1) is 11.4. The van der Waals surface area contributed by atoms with E-state index in [1.165, 1.54) is 0 Å². The van der Waals surface area contributed by atoms with Crippen molar-refractivity contribution in [2.45, 2.75) is 18.9 Å². The topological polar surface area (TPSA) is 81.6 Å². The van der Waals surface area contributed by atoms with Crippen molar-refractivity contribution in [3.8, 4) is 0 Å². The first-order valence-electron chi connectivity index (χ1n) is 5.00. The maximum Gasteiger partial charge on any atom is 0.224 e. The molecule has 0 aromatic heterocycles. The minimum Gasteiger partial charge on any atom is -0.394 e. The van der Waals surface area contributed by atoms with Crippen molar-refractivity contribution in [1.29, 1.82) is 0 Å². The first-order valence-corrected chi connectivity index (χ1v) is 5.00. The van der Waals surface area contributed by atoms with Gasteiger partial charge in [-0.3, -0.25) is 4.79 Å². The lowest BCUT2D eigenvalue weighted by Gasteiger charge is -2.23. The summed E-state index contributed by atoms with van der Waals surface area (Å²) in [5, 5.41) is 23.3. The Bertz CT molecular complexity index is 177. The Morgan fingerprint density at radius 2 is 2.21 bits per heavy atom. The smallest absolute Gasteiger partial charge is 0.224 e. The van der Waals surface area contributed by atoms with Crippen LogP contribution in [0.2, 0.25) is 0 Å². The average molecular weight is 202 g/mol. The molecule has 82 valence electrons. The molecule has 1 heterocycles. The van der Waals surface area contributed by atoms with Crippen LogP contribution < -0.4 is 10.6 Å². The lowest BCUT2D eigenvalue weighted by atomic mass is 9.98. The number of nitrogens with one attached hydrogen (secondary N) is 2. The zero-order chi connectivity index (χ0) is 10.4. The second kappa shape index (κ2) is 5.95. The fourth-order valence-corrected chi connectivity index (χ4v) is 1.54. The fraction of sp³-hybridized carbons (Fsp3) is 0.889. The van der Waals surface area contributed by atoms with Gasteiger partial charge in [0.25, 0.3) is 0 Å². The number of piperidine rings is 1. The van der Waals surface area contributed by atoms with Gasteiger partial charge in [0.05, 0.1) is 25.2 Å². The van der Waals surface area contributed by atoms with Gasteiger partial charge < -0.3 is 20.8 Å². The third-order valence-corrected chi connectivity index (χ3v) is 2.45. The number of aliphatic hydroxyl groups excluding tert-OH is 2. The van der Waals surface area contributed by atoms with Crippen LogP contribution in [0.3, 0.4) is 0 Å². The van der Waals surface area contributed by atoms with Crippen molar-refractivity contribution in [2.75, 3.05) is 26.3 Å². The monoisotopic (exact) mass is 202 g/mol. The summed E-state index contributed by atoms with van der Waals surface area (Å²) in [6, 6.07) is -0.524.